The highest BCUT2D eigenvalue weighted by atomic mass is 16.2. The van der Waals surface area contributed by atoms with Crippen molar-refractivity contribution in [2.75, 3.05) is 13.1 Å². The van der Waals surface area contributed by atoms with E-state index in [1.807, 2.05) is 18.2 Å². The minimum Gasteiger partial charge on any atom is -0.336 e. The van der Waals surface area contributed by atoms with Gasteiger partial charge in [-0.25, -0.2) is 0 Å². The molecule has 0 bridgehead atoms. The lowest BCUT2D eigenvalue weighted by Gasteiger charge is -2.36. The van der Waals surface area contributed by atoms with Gasteiger partial charge in [-0.1, -0.05) is 36.8 Å². The summed E-state index contributed by atoms with van der Waals surface area (Å²) in [6.07, 6.45) is 5.20. The largest absolute Gasteiger partial charge is 0.336 e. The van der Waals surface area contributed by atoms with Crippen LogP contribution < -0.4 is 5.73 Å². The van der Waals surface area contributed by atoms with Crippen LogP contribution in [0.3, 0.4) is 0 Å². The predicted octanol–water partition coefficient (Wildman–Crippen LogP) is 3.12. The normalized spacial score (nSPS) is 16.5. The number of amides is 1. The Hall–Kier alpha value is -1.35. The lowest BCUT2D eigenvalue weighted by atomic mass is 9.84. The van der Waals surface area contributed by atoms with E-state index in [2.05, 4.69) is 24.0 Å². The molecule has 1 fully saturated rings. The molecule has 1 amide bonds. The fourth-order valence-corrected chi connectivity index (χ4v) is 2.74. The van der Waals surface area contributed by atoms with E-state index in [4.69, 9.17) is 5.73 Å². The van der Waals surface area contributed by atoms with E-state index < -0.39 is 0 Å². The second kappa shape index (κ2) is 7.44. The highest BCUT2D eigenvalue weighted by Gasteiger charge is 2.27. The molecule has 1 unspecified atom stereocenters. The van der Waals surface area contributed by atoms with Crippen LogP contribution in [0.4, 0.5) is 0 Å². The number of carbonyl (C=O) groups is 1. The third-order valence-corrected chi connectivity index (χ3v) is 4.34. The third-order valence-electron chi connectivity index (χ3n) is 4.34. The van der Waals surface area contributed by atoms with E-state index in [0.29, 0.717) is 18.9 Å². The Bertz CT molecular complexity index is 414. The Morgan fingerprint density at radius 2 is 2.05 bits per heavy atom. The average molecular weight is 274 g/mol. The average Bonchev–Trinajstić information content (AvgIpc) is 2.44. The molecule has 3 nitrogen and oxygen atoms in total. The van der Waals surface area contributed by atoms with Crippen LogP contribution in [0.5, 0.6) is 0 Å². The molecule has 0 aromatic heterocycles. The van der Waals surface area contributed by atoms with Crippen LogP contribution in [0, 0.1) is 5.92 Å². The molecule has 0 saturated heterocycles. The second-order valence-corrected chi connectivity index (χ2v) is 5.82. The summed E-state index contributed by atoms with van der Waals surface area (Å²) in [6.45, 7) is 3.62. The van der Waals surface area contributed by atoms with Gasteiger partial charge in [-0.15, -0.1) is 0 Å². The Balaban J connectivity index is 2.05. The molecule has 0 aliphatic heterocycles. The highest BCUT2D eigenvalue weighted by Crippen LogP contribution is 2.31. The number of nitrogens with two attached hydrogens (primary N) is 1. The van der Waals surface area contributed by atoms with Gasteiger partial charge >= 0.3 is 0 Å². The monoisotopic (exact) mass is 274 g/mol. The zero-order chi connectivity index (χ0) is 14.4. The van der Waals surface area contributed by atoms with E-state index in [-0.39, 0.29) is 11.9 Å². The van der Waals surface area contributed by atoms with Crippen molar-refractivity contribution in [1.82, 2.24) is 4.90 Å². The van der Waals surface area contributed by atoms with Crippen LogP contribution in [0.1, 0.15) is 50.6 Å². The molecule has 1 aromatic rings. The molecule has 0 radical (unpaired) electrons. The van der Waals surface area contributed by atoms with Gasteiger partial charge in [0.15, 0.2) is 0 Å². The molecule has 1 atom stereocenters. The van der Waals surface area contributed by atoms with E-state index >= 15 is 0 Å². The first kappa shape index (κ1) is 15.0. The predicted molar refractivity (Wildman–Crippen MR) is 82.2 cm³/mol. The number of rotatable bonds is 7. The smallest absolute Gasteiger partial charge is 0.223 e. The summed E-state index contributed by atoms with van der Waals surface area (Å²) >= 11 is 0. The molecule has 1 saturated carbocycles. The molecule has 0 spiro atoms. The molecule has 1 aromatic carbocycles. The van der Waals surface area contributed by atoms with Crippen molar-refractivity contribution in [3.05, 3.63) is 35.9 Å². The molecule has 20 heavy (non-hydrogen) atoms. The molecule has 0 heterocycles. The zero-order valence-electron chi connectivity index (χ0n) is 12.4. The van der Waals surface area contributed by atoms with Gasteiger partial charge in [0.2, 0.25) is 5.91 Å². The van der Waals surface area contributed by atoms with Crippen molar-refractivity contribution < 1.29 is 4.79 Å². The van der Waals surface area contributed by atoms with Crippen molar-refractivity contribution in [2.45, 2.75) is 45.1 Å². The van der Waals surface area contributed by atoms with Crippen LogP contribution in [0.15, 0.2) is 30.3 Å². The van der Waals surface area contributed by atoms with E-state index in [0.717, 1.165) is 13.0 Å². The maximum Gasteiger partial charge on any atom is 0.223 e. The first-order valence-electron chi connectivity index (χ1n) is 7.77. The Morgan fingerprint density at radius 3 is 2.60 bits per heavy atom. The molecule has 1 aliphatic carbocycles. The van der Waals surface area contributed by atoms with E-state index in [9.17, 15) is 4.79 Å². The molecule has 2 rings (SSSR count). The fraction of sp³-hybridized carbons (Fsp3) is 0.588. The van der Waals surface area contributed by atoms with Crippen molar-refractivity contribution in [3.8, 4) is 0 Å². The van der Waals surface area contributed by atoms with Crippen molar-refractivity contribution in [1.29, 1.82) is 0 Å². The maximum absolute atomic E-state index is 12.5. The Kier molecular flexibility index (Phi) is 5.60. The van der Waals surface area contributed by atoms with Crippen LogP contribution in [-0.2, 0) is 4.79 Å². The molecular formula is C17H26N2O. The lowest BCUT2D eigenvalue weighted by Crippen LogP contribution is -2.39. The van der Waals surface area contributed by atoms with Gasteiger partial charge in [0, 0.05) is 13.0 Å². The first-order chi connectivity index (χ1) is 9.72. The van der Waals surface area contributed by atoms with Gasteiger partial charge < -0.3 is 10.6 Å². The van der Waals surface area contributed by atoms with Gasteiger partial charge in [0.05, 0.1) is 6.04 Å². The quantitative estimate of drug-likeness (QED) is 0.830. The minimum absolute atomic E-state index is 0.155. The summed E-state index contributed by atoms with van der Waals surface area (Å²) in [6, 6.07) is 10.5. The van der Waals surface area contributed by atoms with E-state index in [1.54, 1.807) is 0 Å². The molecule has 3 heteroatoms. The summed E-state index contributed by atoms with van der Waals surface area (Å²) < 4.78 is 0. The minimum atomic E-state index is 0.155. The lowest BCUT2D eigenvalue weighted by molar-refractivity contribution is -0.134. The molecular weight excluding hydrogens is 248 g/mol. The number of nitrogens with zero attached hydrogens (tertiary/aromatic N) is 1. The second-order valence-electron chi connectivity index (χ2n) is 5.82. The molecule has 2 N–H and O–H groups in total. The fourth-order valence-electron chi connectivity index (χ4n) is 2.74. The first-order valence-corrected chi connectivity index (χ1v) is 7.77. The van der Waals surface area contributed by atoms with Crippen molar-refractivity contribution in [3.63, 3.8) is 0 Å². The van der Waals surface area contributed by atoms with Gasteiger partial charge in [-0.2, -0.15) is 0 Å². The van der Waals surface area contributed by atoms with Crippen LogP contribution in [0.25, 0.3) is 0 Å². The summed E-state index contributed by atoms with van der Waals surface area (Å²) in [7, 11) is 0. The summed E-state index contributed by atoms with van der Waals surface area (Å²) in [5.74, 6) is 0.946. The number of hydrogen-bond acceptors (Lipinski definition) is 2. The molecule has 110 valence electrons. The van der Waals surface area contributed by atoms with Crippen molar-refractivity contribution >= 4 is 5.91 Å². The summed E-state index contributed by atoms with van der Waals surface area (Å²) in [5.41, 5.74) is 6.75. The SMILES string of the molecule is CC(c1ccccc1)N(CC1CCC1)C(=O)CCCN. The Morgan fingerprint density at radius 1 is 1.35 bits per heavy atom. The zero-order valence-corrected chi connectivity index (χ0v) is 12.4. The Labute approximate surface area is 122 Å². The standard InChI is InChI=1S/C17H26N2O/c1-14(16-9-3-2-4-10-16)19(13-15-7-5-8-15)17(20)11-6-12-18/h2-4,9-10,14-15H,5-8,11-13,18H2,1H3. The summed E-state index contributed by atoms with van der Waals surface area (Å²) in [4.78, 5) is 14.5. The van der Waals surface area contributed by atoms with Gasteiger partial charge in [-0.3, -0.25) is 4.79 Å². The number of hydrogen-bond donors (Lipinski definition) is 1. The van der Waals surface area contributed by atoms with Gasteiger partial charge in [0.25, 0.3) is 0 Å². The van der Waals surface area contributed by atoms with Crippen LogP contribution in [0.2, 0.25) is 0 Å². The maximum atomic E-state index is 12.5. The third kappa shape index (κ3) is 3.83. The summed E-state index contributed by atoms with van der Waals surface area (Å²) in [5, 5.41) is 0. The van der Waals surface area contributed by atoms with Crippen LogP contribution in [-0.4, -0.2) is 23.9 Å². The number of benzene rings is 1. The van der Waals surface area contributed by atoms with Crippen LogP contribution >= 0.6 is 0 Å². The molecule has 1 aliphatic rings. The van der Waals surface area contributed by atoms with Gasteiger partial charge in [0.1, 0.15) is 0 Å². The van der Waals surface area contributed by atoms with Crippen molar-refractivity contribution in [2.24, 2.45) is 11.7 Å². The van der Waals surface area contributed by atoms with E-state index in [1.165, 1.54) is 24.8 Å². The number of carbonyl (C=O) groups excluding carboxylic acids is 1. The highest BCUT2D eigenvalue weighted by molar-refractivity contribution is 5.76. The topological polar surface area (TPSA) is 46.3 Å². The van der Waals surface area contributed by atoms with Gasteiger partial charge in [-0.05, 0) is 44.2 Å².